The minimum Gasteiger partial charge on any atom is -0.392 e. The van der Waals surface area contributed by atoms with Crippen molar-refractivity contribution in [1.82, 2.24) is 9.88 Å². The third-order valence-electron chi connectivity index (χ3n) is 8.56. The molecule has 2 aliphatic carbocycles. The van der Waals surface area contributed by atoms with Gasteiger partial charge in [0.2, 0.25) is 5.91 Å². The van der Waals surface area contributed by atoms with Crippen LogP contribution in [0.25, 0.3) is 0 Å². The maximum absolute atomic E-state index is 13.1. The van der Waals surface area contributed by atoms with E-state index in [1.54, 1.807) is 12.1 Å². The van der Waals surface area contributed by atoms with Gasteiger partial charge in [-0.1, -0.05) is 32.4 Å². The molecule has 1 fully saturated rings. The molecule has 0 aliphatic heterocycles. The largest absolute Gasteiger partial charge is 0.392 e. The maximum atomic E-state index is 13.1. The second-order valence-electron chi connectivity index (χ2n) is 10.8. The zero-order chi connectivity index (χ0) is 26.4. The van der Waals surface area contributed by atoms with Crippen molar-refractivity contribution in [3.05, 3.63) is 44.9 Å². The second-order valence-corrected chi connectivity index (χ2v) is 14.4. The number of aliphatic hydroxyl groups is 1. The zero-order valence-electron chi connectivity index (χ0n) is 21.7. The first-order valence-electron chi connectivity index (χ1n) is 12.9. The van der Waals surface area contributed by atoms with Crippen LogP contribution in [-0.2, 0) is 26.8 Å². The highest BCUT2D eigenvalue weighted by molar-refractivity contribution is 7.90. The number of fused-ring (bicyclic) bond motifs is 2. The molecule has 1 heterocycles. The molecule has 1 amide bonds. The van der Waals surface area contributed by atoms with E-state index >= 15 is 0 Å². The van der Waals surface area contributed by atoms with Gasteiger partial charge in [-0.2, -0.15) is 0 Å². The van der Waals surface area contributed by atoms with Gasteiger partial charge in [0, 0.05) is 34.8 Å². The number of sulfone groups is 1. The Morgan fingerprint density at radius 1 is 1.28 bits per heavy atom. The van der Waals surface area contributed by atoms with E-state index in [0.29, 0.717) is 23.1 Å². The third kappa shape index (κ3) is 4.98. The van der Waals surface area contributed by atoms with Gasteiger partial charge in [0.25, 0.3) is 0 Å². The Balaban J connectivity index is 1.58. The van der Waals surface area contributed by atoms with Gasteiger partial charge in [0.05, 0.1) is 16.7 Å². The smallest absolute Gasteiger partial charge is 0.225 e. The maximum Gasteiger partial charge on any atom is 0.225 e. The van der Waals surface area contributed by atoms with Crippen LogP contribution in [0.4, 0.5) is 0 Å². The quantitative estimate of drug-likeness (QED) is 0.502. The molecule has 1 N–H and O–H groups in total. The summed E-state index contributed by atoms with van der Waals surface area (Å²) in [5.74, 6) is -0.424. The molecule has 198 valence electrons. The van der Waals surface area contributed by atoms with E-state index < -0.39 is 15.9 Å². The van der Waals surface area contributed by atoms with Crippen molar-refractivity contribution in [1.29, 1.82) is 0 Å². The minimum atomic E-state index is -3.54. The van der Waals surface area contributed by atoms with Gasteiger partial charge in [-0.3, -0.25) is 4.79 Å². The Bertz CT molecular complexity index is 1210. The summed E-state index contributed by atoms with van der Waals surface area (Å²) in [4.78, 5) is 21.1. The summed E-state index contributed by atoms with van der Waals surface area (Å²) in [7, 11) is -3.54. The molecule has 0 spiro atoms. The minimum absolute atomic E-state index is 0.0180. The van der Waals surface area contributed by atoms with E-state index in [1.807, 2.05) is 25.7 Å². The van der Waals surface area contributed by atoms with Crippen LogP contribution in [0.5, 0.6) is 0 Å². The van der Waals surface area contributed by atoms with Gasteiger partial charge in [-0.15, -0.1) is 11.3 Å². The summed E-state index contributed by atoms with van der Waals surface area (Å²) in [5.41, 5.74) is 0.797. The molecule has 1 aromatic carbocycles. The number of halogens is 1. The number of rotatable bonds is 7. The van der Waals surface area contributed by atoms with Crippen molar-refractivity contribution in [2.75, 3.05) is 13.1 Å². The Morgan fingerprint density at radius 3 is 2.53 bits per heavy atom. The summed E-state index contributed by atoms with van der Waals surface area (Å²) in [6.45, 7) is 11.6. The third-order valence-corrected chi connectivity index (χ3v) is 11.7. The second kappa shape index (κ2) is 10.4. The molecule has 0 bridgehead atoms. The lowest BCUT2D eigenvalue weighted by Crippen LogP contribution is -2.53. The van der Waals surface area contributed by atoms with Gasteiger partial charge in [-0.25, -0.2) is 13.4 Å². The first kappa shape index (κ1) is 27.6. The van der Waals surface area contributed by atoms with E-state index in [2.05, 4.69) is 13.8 Å². The number of benzene rings is 1. The summed E-state index contributed by atoms with van der Waals surface area (Å²) in [5, 5.41) is 12.7. The Hall–Kier alpha value is -1.48. The van der Waals surface area contributed by atoms with E-state index in [0.717, 1.165) is 29.8 Å². The van der Waals surface area contributed by atoms with Crippen LogP contribution in [0.2, 0.25) is 5.02 Å². The fraction of sp³-hybridized carbons (Fsp3) is 0.630. The van der Waals surface area contributed by atoms with Crippen LogP contribution in [0, 0.1) is 23.2 Å². The fourth-order valence-corrected chi connectivity index (χ4v) is 9.65. The van der Waals surface area contributed by atoms with Crippen molar-refractivity contribution < 1.29 is 18.3 Å². The van der Waals surface area contributed by atoms with Crippen LogP contribution in [0.1, 0.15) is 69.0 Å². The van der Waals surface area contributed by atoms with Gasteiger partial charge in [0.1, 0.15) is 10.8 Å². The summed E-state index contributed by atoms with van der Waals surface area (Å²) in [6.07, 6.45) is 1.90. The SMILES string of the molecule is CCN(CC)C(=O)C(C)C1CCC2(C)Cc3sc(CS(=O)(=O)c4ccc(Cl)cc4)nc3C(C)C2C1O. The molecule has 6 nitrogen and oxygen atoms in total. The number of thiazole rings is 1. The number of aromatic nitrogens is 1. The van der Waals surface area contributed by atoms with Crippen LogP contribution < -0.4 is 0 Å². The lowest BCUT2D eigenvalue weighted by molar-refractivity contribution is -0.144. The normalized spacial score (nSPS) is 28.8. The first-order chi connectivity index (χ1) is 16.9. The van der Waals surface area contributed by atoms with Crippen molar-refractivity contribution in [2.24, 2.45) is 23.2 Å². The lowest BCUT2D eigenvalue weighted by Gasteiger charge is -2.53. The van der Waals surface area contributed by atoms with E-state index in [-0.39, 0.29) is 45.6 Å². The van der Waals surface area contributed by atoms with Crippen LogP contribution in [0.15, 0.2) is 29.2 Å². The zero-order valence-corrected chi connectivity index (χ0v) is 24.1. The van der Waals surface area contributed by atoms with Crippen molar-refractivity contribution in [3.63, 3.8) is 0 Å². The summed E-state index contributed by atoms with van der Waals surface area (Å²) in [6, 6.07) is 6.22. The lowest BCUT2D eigenvalue weighted by atomic mass is 9.53. The van der Waals surface area contributed by atoms with Crippen molar-refractivity contribution in [2.45, 2.75) is 76.6 Å². The first-order valence-corrected chi connectivity index (χ1v) is 15.7. The molecule has 0 saturated heterocycles. The van der Waals surface area contributed by atoms with E-state index in [4.69, 9.17) is 16.6 Å². The molecule has 2 aliphatic rings. The number of aliphatic hydroxyl groups excluding tert-OH is 1. The molecule has 6 atom stereocenters. The average Bonchev–Trinajstić information content (AvgIpc) is 3.20. The van der Waals surface area contributed by atoms with Crippen molar-refractivity contribution >= 4 is 38.7 Å². The molecule has 6 unspecified atom stereocenters. The number of amides is 1. The van der Waals surface area contributed by atoms with Gasteiger partial charge < -0.3 is 10.0 Å². The number of hydrogen-bond donors (Lipinski definition) is 1. The molecule has 2 aromatic rings. The van der Waals surface area contributed by atoms with Gasteiger partial charge in [-0.05, 0) is 74.6 Å². The Morgan fingerprint density at radius 2 is 1.92 bits per heavy atom. The number of hydrogen-bond acceptors (Lipinski definition) is 6. The molecule has 9 heteroatoms. The van der Waals surface area contributed by atoms with Crippen molar-refractivity contribution in [3.8, 4) is 0 Å². The molecule has 36 heavy (non-hydrogen) atoms. The topological polar surface area (TPSA) is 87.6 Å². The fourth-order valence-electron chi connectivity index (χ4n) is 6.55. The molecule has 0 radical (unpaired) electrons. The Labute approximate surface area is 224 Å². The predicted molar refractivity (Wildman–Crippen MR) is 144 cm³/mol. The summed E-state index contributed by atoms with van der Waals surface area (Å²) < 4.78 is 26.0. The number of nitrogens with zero attached hydrogens (tertiary/aromatic N) is 2. The molecule has 1 saturated carbocycles. The number of carbonyl (C=O) groups is 1. The monoisotopic (exact) mass is 552 g/mol. The van der Waals surface area contributed by atoms with Crippen LogP contribution in [-0.4, -0.2) is 48.5 Å². The highest BCUT2D eigenvalue weighted by Crippen LogP contribution is 2.57. The molecule has 1 aromatic heterocycles. The highest BCUT2D eigenvalue weighted by atomic mass is 35.5. The average molecular weight is 553 g/mol. The predicted octanol–water partition coefficient (Wildman–Crippen LogP) is 5.33. The van der Waals surface area contributed by atoms with E-state index in [9.17, 15) is 18.3 Å². The highest BCUT2D eigenvalue weighted by Gasteiger charge is 2.54. The molecular formula is C27H37ClN2O4S2. The number of carbonyl (C=O) groups excluding carboxylic acids is 1. The van der Waals surface area contributed by atoms with Crippen LogP contribution in [0.3, 0.4) is 0 Å². The Kier molecular flexibility index (Phi) is 7.92. The summed E-state index contributed by atoms with van der Waals surface area (Å²) >= 11 is 7.40. The van der Waals surface area contributed by atoms with Gasteiger partial charge in [0.15, 0.2) is 9.84 Å². The van der Waals surface area contributed by atoms with Crippen LogP contribution >= 0.6 is 22.9 Å². The van der Waals surface area contributed by atoms with E-state index in [1.165, 1.54) is 23.5 Å². The molecular weight excluding hydrogens is 516 g/mol. The standard InChI is InChI=1S/C27H37ClN2O4S2/c1-6-30(7-2)26(32)16(3)20-12-13-27(5)14-21-24(17(4)23(27)25(20)31)29-22(35-21)15-36(33,34)19-10-8-18(28)9-11-19/h8-11,16-17,20,23,25,31H,6-7,12-15H2,1-5H3. The molecule has 4 rings (SSSR count). The van der Waals surface area contributed by atoms with Gasteiger partial charge >= 0.3 is 0 Å².